The molecule has 2 aromatic carbocycles. The van der Waals surface area contributed by atoms with Gasteiger partial charge in [0.05, 0.1) is 12.6 Å². The first kappa shape index (κ1) is 21.5. The summed E-state index contributed by atoms with van der Waals surface area (Å²) < 4.78 is 18.5. The molecule has 0 spiro atoms. The van der Waals surface area contributed by atoms with Crippen molar-refractivity contribution in [3.8, 4) is 5.75 Å². The Morgan fingerprint density at radius 2 is 2.03 bits per heavy atom. The number of fused-ring (bicyclic) bond motifs is 1. The minimum Gasteiger partial charge on any atom is -0.497 e. The van der Waals surface area contributed by atoms with Crippen molar-refractivity contribution >= 4 is 16.7 Å². The molecule has 0 amide bonds. The van der Waals surface area contributed by atoms with E-state index in [-0.39, 0.29) is 18.3 Å². The third-order valence-corrected chi connectivity index (χ3v) is 5.98. The average molecular weight is 424 g/mol. The normalized spacial score (nSPS) is 16.6. The first-order chi connectivity index (χ1) is 15.2. The fourth-order valence-electron chi connectivity index (χ4n) is 4.22. The summed E-state index contributed by atoms with van der Waals surface area (Å²) >= 11 is 0. The standard InChI is InChI=1S/C25H30FN3O2/c1-31-23-9-6-20-13-21(15-27-11-10-18-4-7-22(26)8-5-18)25(28-24(20)14-23)29-12-2-3-19(16-29)17-30/h4-9,13-14,19,27,30H,2-3,10-12,15-17H2,1H3. The number of hydrogen-bond donors (Lipinski definition) is 2. The quantitative estimate of drug-likeness (QED) is 0.538. The molecule has 0 radical (unpaired) electrons. The van der Waals surface area contributed by atoms with Crippen molar-refractivity contribution in [3.05, 3.63) is 65.5 Å². The van der Waals surface area contributed by atoms with Gasteiger partial charge in [-0.3, -0.25) is 0 Å². The molecule has 1 unspecified atom stereocenters. The van der Waals surface area contributed by atoms with E-state index in [1.54, 1.807) is 7.11 Å². The van der Waals surface area contributed by atoms with E-state index in [1.807, 2.05) is 30.3 Å². The number of anilines is 1. The van der Waals surface area contributed by atoms with Gasteiger partial charge in [0.25, 0.3) is 0 Å². The number of aliphatic hydroxyl groups excluding tert-OH is 1. The van der Waals surface area contributed by atoms with Gasteiger partial charge in [0.15, 0.2) is 0 Å². The van der Waals surface area contributed by atoms with E-state index >= 15 is 0 Å². The molecule has 5 nitrogen and oxygen atoms in total. The lowest BCUT2D eigenvalue weighted by Gasteiger charge is -2.34. The van der Waals surface area contributed by atoms with E-state index in [1.165, 1.54) is 12.1 Å². The summed E-state index contributed by atoms with van der Waals surface area (Å²) in [5.41, 5.74) is 3.17. The van der Waals surface area contributed by atoms with Gasteiger partial charge in [0.2, 0.25) is 0 Å². The Labute approximate surface area is 182 Å². The first-order valence-corrected chi connectivity index (χ1v) is 10.9. The predicted octanol–water partition coefficient (Wildman–Crippen LogP) is 3.92. The zero-order valence-corrected chi connectivity index (χ0v) is 18.0. The highest BCUT2D eigenvalue weighted by Crippen LogP contribution is 2.29. The minimum atomic E-state index is -0.206. The summed E-state index contributed by atoms with van der Waals surface area (Å²) in [6.45, 7) is 3.48. The van der Waals surface area contributed by atoms with Gasteiger partial charge in [-0.05, 0) is 67.6 Å². The molecule has 0 aliphatic carbocycles. The Balaban J connectivity index is 1.53. The summed E-state index contributed by atoms with van der Waals surface area (Å²) in [5.74, 6) is 1.86. The van der Waals surface area contributed by atoms with E-state index in [9.17, 15) is 9.50 Å². The molecular formula is C25H30FN3O2. The number of nitrogens with one attached hydrogen (secondary N) is 1. The Kier molecular flexibility index (Phi) is 6.99. The summed E-state index contributed by atoms with van der Waals surface area (Å²) in [6, 6.07) is 14.8. The van der Waals surface area contributed by atoms with Crippen molar-refractivity contribution in [1.29, 1.82) is 0 Å². The smallest absolute Gasteiger partial charge is 0.133 e. The lowest BCUT2D eigenvalue weighted by Crippen LogP contribution is -2.38. The van der Waals surface area contributed by atoms with Crippen LogP contribution < -0.4 is 15.0 Å². The number of piperidine rings is 1. The van der Waals surface area contributed by atoms with Gasteiger partial charge in [0.1, 0.15) is 17.4 Å². The monoisotopic (exact) mass is 423 g/mol. The molecule has 2 N–H and O–H groups in total. The maximum Gasteiger partial charge on any atom is 0.133 e. The zero-order valence-electron chi connectivity index (χ0n) is 18.0. The minimum absolute atomic E-state index is 0.206. The highest BCUT2D eigenvalue weighted by molar-refractivity contribution is 5.83. The highest BCUT2D eigenvalue weighted by Gasteiger charge is 2.22. The highest BCUT2D eigenvalue weighted by atomic mass is 19.1. The predicted molar refractivity (Wildman–Crippen MR) is 122 cm³/mol. The van der Waals surface area contributed by atoms with Crippen LogP contribution in [0.15, 0.2) is 48.5 Å². The topological polar surface area (TPSA) is 57.6 Å². The average Bonchev–Trinajstić information content (AvgIpc) is 2.82. The van der Waals surface area contributed by atoms with Crippen molar-refractivity contribution in [2.24, 2.45) is 5.92 Å². The second-order valence-electron chi connectivity index (χ2n) is 8.22. The largest absolute Gasteiger partial charge is 0.497 e. The van der Waals surface area contributed by atoms with Crippen LogP contribution in [0.3, 0.4) is 0 Å². The van der Waals surface area contributed by atoms with Crippen LogP contribution in [0.5, 0.6) is 5.75 Å². The SMILES string of the molecule is COc1ccc2cc(CNCCc3ccc(F)cc3)c(N3CCCC(CO)C3)nc2c1. The van der Waals surface area contributed by atoms with E-state index in [0.29, 0.717) is 6.54 Å². The maximum atomic E-state index is 13.1. The number of ether oxygens (including phenoxy) is 1. The van der Waals surface area contributed by atoms with E-state index in [0.717, 1.165) is 72.5 Å². The zero-order chi connectivity index (χ0) is 21.6. The molecule has 0 saturated carbocycles. The molecule has 3 aromatic rings. The van der Waals surface area contributed by atoms with Gasteiger partial charge in [-0.25, -0.2) is 9.37 Å². The molecule has 1 atom stereocenters. The van der Waals surface area contributed by atoms with Crippen LogP contribution in [0.25, 0.3) is 10.9 Å². The summed E-state index contributed by atoms with van der Waals surface area (Å²) in [4.78, 5) is 7.31. The van der Waals surface area contributed by atoms with Gasteiger partial charge < -0.3 is 20.1 Å². The van der Waals surface area contributed by atoms with Crippen LogP contribution in [0, 0.1) is 11.7 Å². The Hall–Kier alpha value is -2.70. The molecule has 31 heavy (non-hydrogen) atoms. The Morgan fingerprint density at radius 1 is 1.19 bits per heavy atom. The van der Waals surface area contributed by atoms with Gasteiger partial charge >= 0.3 is 0 Å². The van der Waals surface area contributed by atoms with Crippen LogP contribution in [0.1, 0.15) is 24.0 Å². The van der Waals surface area contributed by atoms with Gasteiger partial charge in [-0.15, -0.1) is 0 Å². The third kappa shape index (κ3) is 5.32. The van der Waals surface area contributed by atoms with Crippen molar-refractivity contribution < 1.29 is 14.2 Å². The molecule has 1 aliphatic rings. The van der Waals surface area contributed by atoms with Crippen LogP contribution >= 0.6 is 0 Å². The number of aromatic nitrogens is 1. The maximum absolute atomic E-state index is 13.1. The molecule has 164 valence electrons. The first-order valence-electron chi connectivity index (χ1n) is 10.9. The third-order valence-electron chi connectivity index (χ3n) is 5.98. The molecule has 1 saturated heterocycles. The number of rotatable bonds is 8. The van der Waals surface area contributed by atoms with Crippen LogP contribution in [-0.4, -0.2) is 43.4 Å². The summed E-state index contributed by atoms with van der Waals surface area (Å²) in [5, 5.41) is 14.3. The molecule has 0 bridgehead atoms. The van der Waals surface area contributed by atoms with Crippen LogP contribution in [0.4, 0.5) is 10.2 Å². The fraction of sp³-hybridized carbons (Fsp3) is 0.400. The van der Waals surface area contributed by atoms with Gasteiger partial charge in [-0.1, -0.05) is 12.1 Å². The molecule has 1 aliphatic heterocycles. The number of methoxy groups -OCH3 is 1. The molecule has 1 fully saturated rings. The van der Waals surface area contributed by atoms with Gasteiger partial charge in [-0.2, -0.15) is 0 Å². The molecular weight excluding hydrogens is 393 g/mol. The lowest BCUT2D eigenvalue weighted by atomic mass is 9.98. The number of pyridine rings is 1. The number of nitrogens with zero attached hydrogens (tertiary/aromatic N) is 2. The van der Waals surface area contributed by atoms with Crippen LogP contribution in [0.2, 0.25) is 0 Å². The number of hydrogen-bond acceptors (Lipinski definition) is 5. The van der Waals surface area contributed by atoms with E-state index < -0.39 is 0 Å². The lowest BCUT2D eigenvalue weighted by molar-refractivity contribution is 0.208. The summed E-state index contributed by atoms with van der Waals surface area (Å²) in [7, 11) is 1.66. The molecule has 1 aromatic heterocycles. The van der Waals surface area contributed by atoms with Crippen molar-refractivity contribution in [3.63, 3.8) is 0 Å². The fourth-order valence-corrected chi connectivity index (χ4v) is 4.22. The van der Waals surface area contributed by atoms with Gasteiger partial charge in [0, 0.05) is 43.3 Å². The van der Waals surface area contributed by atoms with Crippen molar-refractivity contribution in [1.82, 2.24) is 10.3 Å². The number of aliphatic hydroxyl groups is 1. The number of halogens is 1. The summed E-state index contributed by atoms with van der Waals surface area (Å²) in [6.07, 6.45) is 2.95. The van der Waals surface area contributed by atoms with Crippen LogP contribution in [-0.2, 0) is 13.0 Å². The molecule has 4 rings (SSSR count). The molecule has 2 heterocycles. The van der Waals surface area contributed by atoms with Crippen molar-refractivity contribution in [2.45, 2.75) is 25.8 Å². The second-order valence-corrected chi connectivity index (χ2v) is 8.22. The van der Waals surface area contributed by atoms with Crippen molar-refractivity contribution in [2.75, 3.05) is 38.3 Å². The molecule has 6 heteroatoms. The number of benzene rings is 2. The Morgan fingerprint density at radius 3 is 2.81 bits per heavy atom. The Bertz CT molecular complexity index is 1010. The van der Waals surface area contributed by atoms with E-state index in [2.05, 4.69) is 16.3 Å². The van der Waals surface area contributed by atoms with E-state index in [4.69, 9.17) is 9.72 Å². The second kappa shape index (κ2) is 10.1.